The molecule has 0 bridgehead atoms. The van der Waals surface area contributed by atoms with E-state index in [0.29, 0.717) is 5.75 Å². The minimum absolute atomic E-state index is 0.317. The lowest BCUT2D eigenvalue weighted by Crippen LogP contribution is -2.11. The van der Waals surface area contributed by atoms with Crippen LogP contribution in [0.15, 0.2) is 41.8 Å². The number of nitrogens with one attached hydrogen (secondary N) is 1. The van der Waals surface area contributed by atoms with Crippen LogP contribution in [0.5, 0.6) is 5.75 Å². The molecule has 15 heavy (non-hydrogen) atoms. The molecule has 0 unspecified atom stereocenters. The van der Waals surface area contributed by atoms with Gasteiger partial charge in [0.15, 0.2) is 0 Å². The zero-order chi connectivity index (χ0) is 10.5. The average molecular weight is 219 g/mol. The lowest BCUT2D eigenvalue weighted by Gasteiger charge is -2.03. The van der Waals surface area contributed by atoms with Crippen LogP contribution in [0.1, 0.15) is 10.4 Å². The van der Waals surface area contributed by atoms with Crippen LogP contribution in [0.2, 0.25) is 0 Å². The smallest absolute Gasteiger partial charge is 0.115 e. The molecule has 0 fully saturated rings. The normalized spacial score (nSPS) is 10.4. The number of aromatic hydroxyl groups is 1. The van der Waals surface area contributed by atoms with Gasteiger partial charge >= 0.3 is 0 Å². The van der Waals surface area contributed by atoms with Crippen LogP contribution >= 0.6 is 11.3 Å². The summed E-state index contributed by atoms with van der Waals surface area (Å²) in [6, 6.07) is 11.5. The zero-order valence-electron chi connectivity index (χ0n) is 8.31. The van der Waals surface area contributed by atoms with Crippen LogP contribution in [-0.2, 0) is 13.1 Å². The Balaban J connectivity index is 1.81. The Bertz CT molecular complexity index is 394. The van der Waals surface area contributed by atoms with E-state index in [-0.39, 0.29) is 0 Å². The summed E-state index contributed by atoms with van der Waals surface area (Å²) >= 11 is 1.76. The molecule has 1 aromatic carbocycles. The molecule has 0 aliphatic heterocycles. The molecule has 0 aliphatic rings. The van der Waals surface area contributed by atoms with E-state index in [4.69, 9.17) is 5.11 Å². The van der Waals surface area contributed by atoms with E-state index in [0.717, 1.165) is 13.1 Å². The minimum Gasteiger partial charge on any atom is -0.508 e. The summed E-state index contributed by atoms with van der Waals surface area (Å²) in [5, 5.41) is 14.5. The van der Waals surface area contributed by atoms with E-state index < -0.39 is 0 Å². The molecule has 1 heterocycles. The molecule has 2 nitrogen and oxygen atoms in total. The van der Waals surface area contributed by atoms with Gasteiger partial charge in [-0.05, 0) is 29.1 Å². The molecular formula is C12H13NOS. The van der Waals surface area contributed by atoms with E-state index in [1.807, 2.05) is 12.1 Å². The Morgan fingerprint density at radius 2 is 1.87 bits per heavy atom. The van der Waals surface area contributed by atoms with Gasteiger partial charge in [0, 0.05) is 18.0 Å². The summed E-state index contributed by atoms with van der Waals surface area (Å²) in [7, 11) is 0. The Labute approximate surface area is 93.2 Å². The number of hydrogen-bond acceptors (Lipinski definition) is 3. The maximum Gasteiger partial charge on any atom is 0.115 e. The van der Waals surface area contributed by atoms with E-state index in [2.05, 4.69) is 22.8 Å². The molecule has 0 spiro atoms. The highest BCUT2D eigenvalue weighted by atomic mass is 32.1. The third kappa shape index (κ3) is 3.08. The molecule has 0 atom stereocenters. The van der Waals surface area contributed by atoms with Crippen molar-refractivity contribution in [1.29, 1.82) is 0 Å². The van der Waals surface area contributed by atoms with Gasteiger partial charge in [0.05, 0.1) is 0 Å². The average Bonchev–Trinajstić information content (AvgIpc) is 2.74. The highest BCUT2D eigenvalue weighted by molar-refractivity contribution is 7.09. The fourth-order valence-corrected chi connectivity index (χ4v) is 2.03. The first-order valence-electron chi connectivity index (χ1n) is 4.85. The third-order valence-electron chi connectivity index (χ3n) is 2.14. The van der Waals surface area contributed by atoms with Gasteiger partial charge in [0.25, 0.3) is 0 Å². The van der Waals surface area contributed by atoms with Crippen molar-refractivity contribution >= 4 is 11.3 Å². The second-order valence-electron chi connectivity index (χ2n) is 3.35. The fourth-order valence-electron chi connectivity index (χ4n) is 1.36. The largest absolute Gasteiger partial charge is 0.508 e. The van der Waals surface area contributed by atoms with Gasteiger partial charge in [-0.15, -0.1) is 11.3 Å². The number of hydrogen-bond donors (Lipinski definition) is 2. The summed E-state index contributed by atoms with van der Waals surface area (Å²) in [4.78, 5) is 1.34. The summed E-state index contributed by atoms with van der Waals surface area (Å²) < 4.78 is 0. The van der Waals surface area contributed by atoms with Crippen LogP contribution in [0, 0.1) is 0 Å². The molecule has 78 valence electrons. The first-order chi connectivity index (χ1) is 7.34. The van der Waals surface area contributed by atoms with Gasteiger partial charge in [0.1, 0.15) is 5.75 Å². The molecule has 3 heteroatoms. The van der Waals surface area contributed by atoms with E-state index in [1.54, 1.807) is 23.5 Å². The van der Waals surface area contributed by atoms with E-state index in [1.165, 1.54) is 10.4 Å². The minimum atomic E-state index is 0.317. The summed E-state index contributed by atoms with van der Waals surface area (Å²) in [6.07, 6.45) is 0. The first-order valence-corrected chi connectivity index (χ1v) is 5.73. The van der Waals surface area contributed by atoms with Crippen molar-refractivity contribution in [3.63, 3.8) is 0 Å². The third-order valence-corrected chi connectivity index (χ3v) is 3.02. The Hall–Kier alpha value is -1.32. The maximum absolute atomic E-state index is 9.11. The molecule has 0 saturated carbocycles. The van der Waals surface area contributed by atoms with Gasteiger partial charge in [0.2, 0.25) is 0 Å². The molecule has 2 rings (SSSR count). The molecule has 0 aliphatic carbocycles. The molecule has 1 aromatic heterocycles. The van der Waals surface area contributed by atoms with Crippen LogP contribution < -0.4 is 5.32 Å². The van der Waals surface area contributed by atoms with E-state index >= 15 is 0 Å². The van der Waals surface area contributed by atoms with Crippen molar-refractivity contribution in [2.24, 2.45) is 0 Å². The number of benzene rings is 1. The van der Waals surface area contributed by atoms with Crippen molar-refractivity contribution in [3.05, 3.63) is 52.2 Å². The van der Waals surface area contributed by atoms with Crippen molar-refractivity contribution in [2.75, 3.05) is 0 Å². The zero-order valence-corrected chi connectivity index (χ0v) is 9.13. The molecule has 0 radical (unpaired) electrons. The molecular weight excluding hydrogens is 206 g/mol. The van der Waals surface area contributed by atoms with Crippen LogP contribution in [0.3, 0.4) is 0 Å². The number of thiophene rings is 1. The van der Waals surface area contributed by atoms with Crippen LogP contribution in [-0.4, -0.2) is 5.11 Å². The summed E-state index contributed by atoms with van der Waals surface area (Å²) in [5.74, 6) is 0.317. The Morgan fingerprint density at radius 1 is 1.07 bits per heavy atom. The molecule has 2 aromatic rings. The van der Waals surface area contributed by atoms with Gasteiger partial charge in [-0.1, -0.05) is 18.2 Å². The number of phenols is 1. The molecule has 0 saturated heterocycles. The fraction of sp³-hybridized carbons (Fsp3) is 0.167. The number of phenolic OH excluding ortho intramolecular Hbond substituents is 1. The summed E-state index contributed by atoms with van der Waals surface area (Å²) in [5.41, 5.74) is 1.18. The molecule has 2 N–H and O–H groups in total. The first kappa shape index (κ1) is 10.2. The summed E-state index contributed by atoms with van der Waals surface area (Å²) in [6.45, 7) is 1.73. The maximum atomic E-state index is 9.11. The van der Waals surface area contributed by atoms with Crippen molar-refractivity contribution in [2.45, 2.75) is 13.1 Å². The standard InChI is InChI=1S/C12H13NOS/c14-11-5-3-10(4-6-11)8-13-9-12-2-1-7-15-12/h1-7,13-14H,8-9H2. The predicted molar refractivity (Wildman–Crippen MR) is 63.0 cm³/mol. The van der Waals surface area contributed by atoms with Gasteiger partial charge < -0.3 is 10.4 Å². The van der Waals surface area contributed by atoms with Crippen molar-refractivity contribution in [1.82, 2.24) is 5.32 Å². The van der Waals surface area contributed by atoms with Gasteiger partial charge in [-0.25, -0.2) is 0 Å². The highest BCUT2D eigenvalue weighted by Gasteiger charge is 1.95. The highest BCUT2D eigenvalue weighted by Crippen LogP contribution is 2.10. The van der Waals surface area contributed by atoms with Crippen LogP contribution in [0.25, 0.3) is 0 Å². The quantitative estimate of drug-likeness (QED) is 0.828. The SMILES string of the molecule is Oc1ccc(CNCc2cccs2)cc1. The van der Waals surface area contributed by atoms with Gasteiger partial charge in [-0.2, -0.15) is 0 Å². The topological polar surface area (TPSA) is 32.3 Å². The lowest BCUT2D eigenvalue weighted by atomic mass is 10.2. The van der Waals surface area contributed by atoms with Crippen molar-refractivity contribution < 1.29 is 5.11 Å². The Morgan fingerprint density at radius 3 is 2.53 bits per heavy atom. The predicted octanol–water partition coefficient (Wildman–Crippen LogP) is 2.74. The Kier molecular flexibility index (Phi) is 3.37. The number of rotatable bonds is 4. The van der Waals surface area contributed by atoms with Crippen molar-refractivity contribution in [3.8, 4) is 5.75 Å². The monoisotopic (exact) mass is 219 g/mol. The molecule has 0 amide bonds. The lowest BCUT2D eigenvalue weighted by molar-refractivity contribution is 0.475. The van der Waals surface area contributed by atoms with E-state index in [9.17, 15) is 0 Å². The van der Waals surface area contributed by atoms with Gasteiger partial charge in [-0.3, -0.25) is 0 Å². The van der Waals surface area contributed by atoms with Crippen LogP contribution in [0.4, 0.5) is 0 Å². The second kappa shape index (κ2) is 4.96. The second-order valence-corrected chi connectivity index (χ2v) is 4.38.